The van der Waals surface area contributed by atoms with E-state index in [0.29, 0.717) is 0 Å². The van der Waals surface area contributed by atoms with Crippen LogP contribution in [-0.2, 0) is 0 Å². The third-order valence-electron chi connectivity index (χ3n) is 2.21. The van der Waals surface area contributed by atoms with Gasteiger partial charge in [-0.3, -0.25) is 4.98 Å². The molecule has 0 spiro atoms. The van der Waals surface area contributed by atoms with Crippen LogP contribution in [0.15, 0.2) is 12.4 Å². The van der Waals surface area contributed by atoms with Crippen LogP contribution < -0.4 is 10.2 Å². The summed E-state index contributed by atoms with van der Waals surface area (Å²) in [5.74, 6) is 4.19. The molecule has 1 aromatic rings. The van der Waals surface area contributed by atoms with Crippen molar-refractivity contribution in [3.8, 4) is 0 Å². The van der Waals surface area contributed by atoms with Gasteiger partial charge in [-0.25, -0.2) is 4.98 Å². The van der Waals surface area contributed by atoms with Crippen LogP contribution >= 0.6 is 11.8 Å². The smallest absolute Gasteiger partial charge is 0.149 e. The predicted octanol–water partition coefficient (Wildman–Crippen LogP) is 1.07. The molecule has 1 aromatic heterocycles. The average molecular weight is 210 g/mol. The molecule has 0 amide bonds. The minimum Gasteiger partial charge on any atom is -0.372 e. The lowest BCUT2D eigenvalue weighted by molar-refractivity contribution is 0.835. The molecular weight excluding hydrogens is 196 g/mol. The van der Waals surface area contributed by atoms with E-state index in [1.165, 1.54) is 11.5 Å². The van der Waals surface area contributed by atoms with Crippen molar-refractivity contribution in [2.24, 2.45) is 0 Å². The Bertz CT molecular complexity index is 299. The second-order valence-electron chi connectivity index (χ2n) is 3.11. The first-order valence-corrected chi connectivity index (χ1v) is 5.88. The maximum absolute atomic E-state index is 4.46. The molecule has 0 aliphatic carbocycles. The largest absolute Gasteiger partial charge is 0.372 e. The van der Waals surface area contributed by atoms with Crippen LogP contribution in [0, 0.1) is 0 Å². The van der Waals surface area contributed by atoms with E-state index in [1.54, 1.807) is 6.20 Å². The quantitative estimate of drug-likeness (QED) is 0.791. The fourth-order valence-electron chi connectivity index (χ4n) is 1.42. The minimum atomic E-state index is 0.834. The highest BCUT2D eigenvalue weighted by Gasteiger charge is 2.12. The summed E-state index contributed by atoms with van der Waals surface area (Å²) < 4.78 is 0. The predicted molar refractivity (Wildman–Crippen MR) is 61.1 cm³/mol. The van der Waals surface area contributed by atoms with Gasteiger partial charge in [-0.05, 0) is 0 Å². The number of hydrogen-bond acceptors (Lipinski definition) is 5. The van der Waals surface area contributed by atoms with Gasteiger partial charge in [-0.2, -0.15) is 11.8 Å². The van der Waals surface area contributed by atoms with Crippen LogP contribution in [0.2, 0.25) is 0 Å². The van der Waals surface area contributed by atoms with E-state index >= 15 is 0 Å². The van der Waals surface area contributed by atoms with Crippen LogP contribution in [-0.4, -0.2) is 41.6 Å². The summed E-state index contributed by atoms with van der Waals surface area (Å²) in [7, 11) is 1.86. The molecule has 1 fully saturated rings. The average Bonchev–Trinajstić information content (AvgIpc) is 2.30. The molecular formula is C9H14N4S. The molecule has 0 radical (unpaired) electrons. The lowest BCUT2D eigenvalue weighted by Gasteiger charge is -2.27. The van der Waals surface area contributed by atoms with Crippen molar-refractivity contribution >= 4 is 23.4 Å². The third kappa shape index (κ3) is 2.09. The van der Waals surface area contributed by atoms with Crippen LogP contribution in [0.3, 0.4) is 0 Å². The SMILES string of the molecule is CNc1cncc(N2CCSCC2)n1. The van der Waals surface area contributed by atoms with Crippen molar-refractivity contribution < 1.29 is 0 Å². The van der Waals surface area contributed by atoms with Crippen molar-refractivity contribution in [2.45, 2.75) is 0 Å². The van der Waals surface area contributed by atoms with Gasteiger partial charge in [0.2, 0.25) is 0 Å². The standard InChI is InChI=1S/C9H14N4S/c1-10-8-6-11-7-9(12-8)13-2-4-14-5-3-13/h6-7H,2-5H2,1H3,(H,10,12). The zero-order valence-corrected chi connectivity index (χ0v) is 9.05. The molecule has 2 rings (SSSR count). The van der Waals surface area contributed by atoms with Crippen molar-refractivity contribution in [1.82, 2.24) is 9.97 Å². The number of hydrogen-bond donors (Lipinski definition) is 1. The van der Waals surface area contributed by atoms with Gasteiger partial charge >= 0.3 is 0 Å². The summed E-state index contributed by atoms with van der Waals surface area (Å²) in [6.45, 7) is 2.15. The zero-order valence-electron chi connectivity index (χ0n) is 8.23. The molecule has 2 heterocycles. The number of aromatic nitrogens is 2. The van der Waals surface area contributed by atoms with E-state index in [9.17, 15) is 0 Å². The Morgan fingerprint density at radius 1 is 1.36 bits per heavy atom. The maximum Gasteiger partial charge on any atom is 0.149 e. The first-order valence-electron chi connectivity index (χ1n) is 4.72. The summed E-state index contributed by atoms with van der Waals surface area (Å²) in [6.07, 6.45) is 3.57. The second-order valence-corrected chi connectivity index (χ2v) is 4.34. The van der Waals surface area contributed by atoms with E-state index in [4.69, 9.17) is 0 Å². The Balaban J connectivity index is 2.13. The van der Waals surface area contributed by atoms with Crippen LogP contribution in [0.25, 0.3) is 0 Å². The highest BCUT2D eigenvalue weighted by Crippen LogP contribution is 2.17. The number of nitrogens with zero attached hydrogens (tertiary/aromatic N) is 3. The third-order valence-corrected chi connectivity index (χ3v) is 3.16. The molecule has 1 aliphatic heterocycles. The zero-order chi connectivity index (χ0) is 9.80. The van der Waals surface area contributed by atoms with Gasteiger partial charge in [0.25, 0.3) is 0 Å². The Morgan fingerprint density at radius 3 is 2.86 bits per heavy atom. The van der Waals surface area contributed by atoms with E-state index in [0.717, 1.165) is 24.7 Å². The van der Waals surface area contributed by atoms with Gasteiger partial charge < -0.3 is 10.2 Å². The number of anilines is 2. The number of nitrogens with one attached hydrogen (secondary N) is 1. The van der Waals surface area contributed by atoms with Gasteiger partial charge in [0, 0.05) is 31.6 Å². The monoisotopic (exact) mass is 210 g/mol. The molecule has 0 saturated carbocycles. The lowest BCUT2D eigenvalue weighted by Crippen LogP contribution is -2.33. The number of rotatable bonds is 2. The first-order chi connectivity index (χ1) is 6.90. The molecule has 1 N–H and O–H groups in total. The van der Waals surface area contributed by atoms with Crippen LogP contribution in [0.4, 0.5) is 11.6 Å². The van der Waals surface area contributed by atoms with Crippen LogP contribution in [0.5, 0.6) is 0 Å². The Kier molecular flexibility index (Phi) is 3.08. The van der Waals surface area contributed by atoms with Crippen molar-refractivity contribution in [3.05, 3.63) is 12.4 Å². The lowest BCUT2D eigenvalue weighted by atomic mass is 10.4. The number of thioether (sulfide) groups is 1. The molecule has 0 aromatic carbocycles. The molecule has 1 saturated heterocycles. The van der Waals surface area contributed by atoms with Crippen molar-refractivity contribution in [1.29, 1.82) is 0 Å². The first kappa shape index (κ1) is 9.58. The highest BCUT2D eigenvalue weighted by molar-refractivity contribution is 7.99. The highest BCUT2D eigenvalue weighted by atomic mass is 32.2. The maximum atomic E-state index is 4.46. The molecule has 4 nitrogen and oxygen atoms in total. The molecule has 1 aliphatic rings. The second kappa shape index (κ2) is 4.50. The summed E-state index contributed by atoms with van der Waals surface area (Å²) in [6, 6.07) is 0. The summed E-state index contributed by atoms with van der Waals surface area (Å²) >= 11 is 2.00. The van der Waals surface area contributed by atoms with Crippen molar-refractivity contribution in [2.75, 3.05) is 41.9 Å². The minimum absolute atomic E-state index is 0.834. The Morgan fingerprint density at radius 2 is 2.14 bits per heavy atom. The summed E-state index contributed by atoms with van der Waals surface area (Å²) in [5, 5.41) is 3.00. The Labute approximate surface area is 88.1 Å². The van der Waals surface area contributed by atoms with E-state index in [-0.39, 0.29) is 0 Å². The van der Waals surface area contributed by atoms with Crippen LogP contribution in [0.1, 0.15) is 0 Å². The van der Waals surface area contributed by atoms with E-state index in [1.807, 2.05) is 25.0 Å². The molecule has 76 valence electrons. The molecule has 14 heavy (non-hydrogen) atoms. The van der Waals surface area contributed by atoms with Gasteiger partial charge in [-0.15, -0.1) is 0 Å². The molecule has 5 heteroatoms. The molecule has 0 atom stereocenters. The van der Waals surface area contributed by atoms with Gasteiger partial charge in [0.1, 0.15) is 11.6 Å². The van der Waals surface area contributed by atoms with Gasteiger partial charge in [0.15, 0.2) is 0 Å². The van der Waals surface area contributed by atoms with Crippen molar-refractivity contribution in [3.63, 3.8) is 0 Å². The van der Waals surface area contributed by atoms with Gasteiger partial charge in [0.05, 0.1) is 12.4 Å². The summed E-state index contributed by atoms with van der Waals surface area (Å²) in [4.78, 5) is 10.9. The topological polar surface area (TPSA) is 41.1 Å². The normalized spacial score (nSPS) is 16.8. The molecule has 0 bridgehead atoms. The fraction of sp³-hybridized carbons (Fsp3) is 0.556. The summed E-state index contributed by atoms with van der Waals surface area (Å²) in [5.41, 5.74) is 0. The van der Waals surface area contributed by atoms with Gasteiger partial charge in [-0.1, -0.05) is 0 Å². The Hall–Kier alpha value is -0.970. The molecule has 0 unspecified atom stereocenters. The van der Waals surface area contributed by atoms with E-state index in [2.05, 4.69) is 20.2 Å². The van der Waals surface area contributed by atoms with E-state index < -0.39 is 0 Å². The fourth-order valence-corrected chi connectivity index (χ4v) is 2.32.